The SMILES string of the molecule is C[C@@H](CC(=O)N1CCN(c2cccc(C#N)c2)C(=O)C1)n1cccn1. The summed E-state index contributed by atoms with van der Waals surface area (Å²) in [7, 11) is 0. The van der Waals surface area contributed by atoms with Gasteiger partial charge in [-0.25, -0.2) is 0 Å². The lowest BCUT2D eigenvalue weighted by molar-refractivity contribution is -0.137. The van der Waals surface area contributed by atoms with Crippen molar-refractivity contribution in [3.8, 4) is 6.07 Å². The minimum atomic E-state index is -0.138. The van der Waals surface area contributed by atoms with E-state index in [2.05, 4.69) is 11.2 Å². The van der Waals surface area contributed by atoms with Crippen molar-refractivity contribution in [1.82, 2.24) is 14.7 Å². The summed E-state index contributed by atoms with van der Waals surface area (Å²) in [6.07, 6.45) is 3.81. The van der Waals surface area contributed by atoms with Crippen molar-refractivity contribution in [2.75, 3.05) is 24.5 Å². The van der Waals surface area contributed by atoms with Crippen LogP contribution in [-0.2, 0) is 9.59 Å². The Hall–Kier alpha value is -3.14. The summed E-state index contributed by atoms with van der Waals surface area (Å²) >= 11 is 0. The lowest BCUT2D eigenvalue weighted by atomic mass is 10.1. The molecule has 1 aromatic carbocycles. The lowest BCUT2D eigenvalue weighted by Crippen LogP contribution is -2.52. The fraction of sp³-hybridized carbons (Fsp3) is 0.333. The van der Waals surface area contributed by atoms with E-state index >= 15 is 0 Å². The van der Waals surface area contributed by atoms with Gasteiger partial charge in [-0.2, -0.15) is 10.4 Å². The predicted octanol–water partition coefficient (Wildman–Crippen LogP) is 1.58. The molecule has 0 unspecified atom stereocenters. The first-order valence-corrected chi connectivity index (χ1v) is 8.16. The topological polar surface area (TPSA) is 82.2 Å². The van der Waals surface area contributed by atoms with Crippen LogP contribution >= 0.6 is 0 Å². The largest absolute Gasteiger partial charge is 0.332 e. The Morgan fingerprint density at radius 1 is 1.36 bits per heavy atom. The van der Waals surface area contributed by atoms with Crippen LogP contribution in [0.2, 0.25) is 0 Å². The zero-order valence-corrected chi connectivity index (χ0v) is 14.0. The van der Waals surface area contributed by atoms with E-state index in [4.69, 9.17) is 5.26 Å². The summed E-state index contributed by atoms with van der Waals surface area (Å²) < 4.78 is 1.74. The number of amides is 2. The van der Waals surface area contributed by atoms with E-state index in [1.54, 1.807) is 44.9 Å². The summed E-state index contributed by atoms with van der Waals surface area (Å²) in [6.45, 7) is 2.89. The minimum Gasteiger partial charge on any atom is -0.332 e. The number of piperazine rings is 1. The molecular weight excluding hydrogens is 318 g/mol. The molecule has 0 radical (unpaired) electrons. The lowest BCUT2D eigenvalue weighted by Gasteiger charge is -2.34. The Morgan fingerprint density at radius 3 is 2.88 bits per heavy atom. The van der Waals surface area contributed by atoms with Gasteiger partial charge in [0, 0.05) is 37.6 Å². The number of carbonyl (C=O) groups excluding carboxylic acids is 2. The number of benzene rings is 1. The normalized spacial score (nSPS) is 15.8. The molecule has 7 nitrogen and oxygen atoms in total. The summed E-state index contributed by atoms with van der Waals surface area (Å²) in [5.74, 6) is -0.191. The molecule has 7 heteroatoms. The third kappa shape index (κ3) is 3.69. The number of aromatic nitrogens is 2. The zero-order valence-electron chi connectivity index (χ0n) is 14.0. The van der Waals surface area contributed by atoms with Gasteiger partial charge >= 0.3 is 0 Å². The number of hydrogen-bond donors (Lipinski definition) is 0. The van der Waals surface area contributed by atoms with Gasteiger partial charge in [-0.05, 0) is 31.2 Å². The van der Waals surface area contributed by atoms with Gasteiger partial charge in [-0.3, -0.25) is 14.3 Å². The molecule has 128 valence electrons. The molecule has 2 heterocycles. The highest BCUT2D eigenvalue weighted by Crippen LogP contribution is 2.20. The van der Waals surface area contributed by atoms with E-state index in [1.165, 1.54) is 0 Å². The Bertz CT molecular complexity index is 809. The van der Waals surface area contributed by atoms with E-state index in [0.717, 1.165) is 0 Å². The number of carbonyl (C=O) groups is 2. The maximum absolute atomic E-state index is 12.5. The van der Waals surface area contributed by atoms with E-state index in [-0.39, 0.29) is 24.4 Å². The van der Waals surface area contributed by atoms with E-state index in [0.29, 0.717) is 30.8 Å². The van der Waals surface area contributed by atoms with Gasteiger partial charge in [-0.1, -0.05) is 6.07 Å². The molecule has 0 spiro atoms. The molecule has 2 amide bonds. The maximum Gasteiger partial charge on any atom is 0.246 e. The van der Waals surface area contributed by atoms with Crippen LogP contribution < -0.4 is 4.90 Å². The van der Waals surface area contributed by atoms with Crippen molar-refractivity contribution in [2.24, 2.45) is 0 Å². The molecule has 3 rings (SSSR count). The van der Waals surface area contributed by atoms with Gasteiger partial charge in [0.25, 0.3) is 0 Å². The first-order valence-electron chi connectivity index (χ1n) is 8.16. The number of nitriles is 1. The Kier molecular flexibility index (Phi) is 4.80. The average molecular weight is 337 g/mol. The second kappa shape index (κ2) is 7.18. The van der Waals surface area contributed by atoms with Crippen molar-refractivity contribution in [3.05, 3.63) is 48.3 Å². The van der Waals surface area contributed by atoms with Gasteiger partial charge in [0.15, 0.2) is 0 Å². The summed E-state index contributed by atoms with van der Waals surface area (Å²) in [5.41, 5.74) is 1.21. The van der Waals surface area contributed by atoms with Gasteiger partial charge in [0.2, 0.25) is 11.8 Å². The van der Waals surface area contributed by atoms with E-state index < -0.39 is 0 Å². The van der Waals surface area contributed by atoms with Crippen molar-refractivity contribution >= 4 is 17.5 Å². The molecule has 0 aliphatic carbocycles. The Balaban J connectivity index is 1.62. The minimum absolute atomic E-state index is 0.0528. The summed E-state index contributed by atoms with van der Waals surface area (Å²) in [4.78, 5) is 28.1. The number of anilines is 1. The molecule has 0 bridgehead atoms. The van der Waals surface area contributed by atoms with Crippen LogP contribution in [0, 0.1) is 11.3 Å². The monoisotopic (exact) mass is 337 g/mol. The van der Waals surface area contributed by atoms with Gasteiger partial charge in [-0.15, -0.1) is 0 Å². The third-order valence-electron chi connectivity index (χ3n) is 4.31. The molecule has 2 aromatic rings. The number of hydrogen-bond acceptors (Lipinski definition) is 4. The molecule has 1 fully saturated rings. The van der Waals surface area contributed by atoms with Gasteiger partial charge in [0.1, 0.15) is 6.54 Å². The quantitative estimate of drug-likeness (QED) is 0.848. The van der Waals surface area contributed by atoms with E-state index in [9.17, 15) is 9.59 Å². The van der Waals surface area contributed by atoms with Crippen molar-refractivity contribution in [3.63, 3.8) is 0 Å². The second-order valence-electron chi connectivity index (χ2n) is 6.06. The summed E-state index contributed by atoms with van der Waals surface area (Å²) in [6, 6.07) is 10.8. The summed E-state index contributed by atoms with van der Waals surface area (Å²) in [5, 5.41) is 13.1. The van der Waals surface area contributed by atoms with Crippen LogP contribution in [0.15, 0.2) is 42.7 Å². The standard InChI is InChI=1S/C18H19N5O2/c1-14(23-7-3-6-20-23)10-17(24)21-8-9-22(18(25)13-21)16-5-2-4-15(11-16)12-19/h2-7,11,14H,8-10,13H2,1H3/t14-/m0/s1. The third-order valence-corrected chi connectivity index (χ3v) is 4.31. The molecule has 1 aliphatic rings. The molecular formula is C18H19N5O2. The highest BCUT2D eigenvalue weighted by atomic mass is 16.2. The molecule has 25 heavy (non-hydrogen) atoms. The molecule has 1 aromatic heterocycles. The molecule has 1 atom stereocenters. The molecule has 0 N–H and O–H groups in total. The number of rotatable bonds is 4. The van der Waals surface area contributed by atoms with Crippen LogP contribution in [-0.4, -0.2) is 46.1 Å². The highest BCUT2D eigenvalue weighted by molar-refractivity contribution is 5.98. The van der Waals surface area contributed by atoms with E-state index in [1.807, 2.05) is 19.2 Å². The van der Waals surface area contributed by atoms with Crippen molar-refractivity contribution < 1.29 is 9.59 Å². The van der Waals surface area contributed by atoms with Crippen LogP contribution in [0.4, 0.5) is 5.69 Å². The average Bonchev–Trinajstić information content (AvgIpc) is 3.16. The van der Waals surface area contributed by atoms with Crippen molar-refractivity contribution in [1.29, 1.82) is 5.26 Å². The van der Waals surface area contributed by atoms with Gasteiger partial charge < -0.3 is 9.80 Å². The predicted molar refractivity (Wildman–Crippen MR) is 91.6 cm³/mol. The fourth-order valence-electron chi connectivity index (χ4n) is 2.92. The molecule has 0 saturated carbocycles. The first kappa shape index (κ1) is 16.7. The highest BCUT2D eigenvalue weighted by Gasteiger charge is 2.28. The van der Waals surface area contributed by atoms with Crippen molar-refractivity contribution in [2.45, 2.75) is 19.4 Å². The van der Waals surface area contributed by atoms with Gasteiger partial charge in [0.05, 0.1) is 17.7 Å². The Labute approximate surface area is 146 Å². The fourth-order valence-corrected chi connectivity index (χ4v) is 2.92. The Morgan fingerprint density at radius 2 is 2.20 bits per heavy atom. The van der Waals surface area contributed by atoms with Crippen LogP contribution in [0.1, 0.15) is 24.9 Å². The van der Waals surface area contributed by atoms with Crippen LogP contribution in [0.3, 0.4) is 0 Å². The zero-order chi connectivity index (χ0) is 17.8. The smallest absolute Gasteiger partial charge is 0.246 e. The second-order valence-corrected chi connectivity index (χ2v) is 6.06. The molecule has 1 saturated heterocycles. The molecule has 1 aliphatic heterocycles. The first-order chi connectivity index (χ1) is 12.1. The maximum atomic E-state index is 12.5. The number of nitrogens with zero attached hydrogens (tertiary/aromatic N) is 5. The van der Waals surface area contributed by atoms with Crippen LogP contribution in [0.25, 0.3) is 0 Å². The van der Waals surface area contributed by atoms with Crippen LogP contribution in [0.5, 0.6) is 0 Å².